The van der Waals surface area contributed by atoms with E-state index in [2.05, 4.69) is 264 Å². The fourth-order valence-corrected chi connectivity index (χ4v) is 8.88. The lowest BCUT2D eigenvalue weighted by Gasteiger charge is -2.26. The van der Waals surface area contributed by atoms with E-state index in [1.807, 2.05) is 0 Å². The Bertz CT molecular complexity index is 3240. The topological polar surface area (TPSA) is 8.17 Å². The van der Waals surface area contributed by atoms with Crippen molar-refractivity contribution >= 4 is 38.9 Å². The Morgan fingerprint density at radius 2 is 0.532 bits per heavy atom. The van der Waals surface area contributed by atoms with E-state index >= 15 is 0 Å². The number of rotatable bonds is 9. The highest BCUT2D eigenvalue weighted by molar-refractivity contribution is 6.09. The molecule has 0 aliphatic carbocycles. The first kappa shape index (κ1) is 36.8. The van der Waals surface area contributed by atoms with E-state index in [1.54, 1.807) is 0 Å². The van der Waals surface area contributed by atoms with Crippen LogP contribution in [0.3, 0.4) is 0 Å². The second-order valence-electron chi connectivity index (χ2n) is 15.8. The predicted molar refractivity (Wildman–Crippen MR) is 263 cm³/mol. The highest BCUT2D eigenvalue weighted by Gasteiger charge is 2.16. The molecule has 0 spiro atoms. The van der Waals surface area contributed by atoms with Crippen molar-refractivity contribution in [3.8, 4) is 61.3 Å². The summed E-state index contributed by atoms with van der Waals surface area (Å²) in [4.78, 5) is 2.35. The van der Waals surface area contributed by atoms with Crippen LogP contribution in [-0.2, 0) is 0 Å². The Kier molecular flexibility index (Phi) is 9.57. The van der Waals surface area contributed by atoms with Crippen LogP contribution in [0.25, 0.3) is 83.1 Å². The molecule has 11 aromatic rings. The molecule has 0 amide bonds. The minimum Gasteiger partial charge on any atom is -0.311 e. The van der Waals surface area contributed by atoms with E-state index < -0.39 is 0 Å². The van der Waals surface area contributed by atoms with Gasteiger partial charge in [0.15, 0.2) is 0 Å². The average molecular weight is 791 g/mol. The molecule has 11 rings (SSSR count). The first-order valence-corrected chi connectivity index (χ1v) is 21.2. The fourth-order valence-electron chi connectivity index (χ4n) is 8.88. The zero-order valence-corrected chi connectivity index (χ0v) is 34.1. The Morgan fingerprint density at radius 1 is 0.226 bits per heavy atom. The van der Waals surface area contributed by atoms with Gasteiger partial charge in [-0.2, -0.15) is 0 Å². The quantitative estimate of drug-likeness (QED) is 0.141. The van der Waals surface area contributed by atoms with E-state index in [9.17, 15) is 0 Å². The Hall–Kier alpha value is -8.20. The number of para-hydroxylation sites is 2. The molecule has 0 atom stereocenters. The minimum atomic E-state index is 1.09. The molecule has 1 aromatic heterocycles. The molecule has 0 fully saturated rings. The summed E-state index contributed by atoms with van der Waals surface area (Å²) in [5, 5.41) is 2.53. The van der Waals surface area contributed by atoms with Crippen LogP contribution in [0.1, 0.15) is 0 Å². The van der Waals surface area contributed by atoms with Gasteiger partial charge in [-0.05, 0) is 122 Å². The summed E-state index contributed by atoms with van der Waals surface area (Å²) < 4.78 is 2.38. The molecule has 2 heteroatoms. The SMILES string of the molecule is c1ccc(-c2ccc(N(c3ccc(-c4ccc(-c5cccc(-c6ccccc6)c5)cc4)cc3)c3ccc(-c4cccc(-n5c6ccccc6c6ccccc65)c4)cc3)cc2)cc1. The van der Waals surface area contributed by atoms with E-state index in [-0.39, 0.29) is 0 Å². The van der Waals surface area contributed by atoms with Gasteiger partial charge in [0.05, 0.1) is 11.0 Å². The molecule has 0 bridgehead atoms. The summed E-state index contributed by atoms with van der Waals surface area (Å²) in [6.07, 6.45) is 0. The fraction of sp³-hybridized carbons (Fsp3) is 0. The van der Waals surface area contributed by atoms with Gasteiger partial charge in [0, 0.05) is 33.5 Å². The van der Waals surface area contributed by atoms with E-state index in [0.29, 0.717) is 0 Å². The number of anilines is 3. The number of aromatic nitrogens is 1. The van der Waals surface area contributed by atoms with Gasteiger partial charge in [-0.1, -0.05) is 188 Å². The van der Waals surface area contributed by atoms with Crippen LogP contribution in [0.5, 0.6) is 0 Å². The molecule has 0 saturated heterocycles. The lowest BCUT2D eigenvalue weighted by atomic mass is 9.97. The number of hydrogen-bond donors (Lipinski definition) is 0. The Balaban J connectivity index is 0.910. The number of benzene rings is 10. The highest BCUT2D eigenvalue weighted by atomic mass is 15.1. The van der Waals surface area contributed by atoms with Crippen molar-refractivity contribution in [1.82, 2.24) is 4.57 Å². The molecule has 2 nitrogen and oxygen atoms in total. The predicted octanol–water partition coefficient (Wildman–Crippen LogP) is 16.6. The maximum Gasteiger partial charge on any atom is 0.0541 e. The number of fused-ring (bicyclic) bond motifs is 3. The van der Waals surface area contributed by atoms with Crippen LogP contribution in [-0.4, -0.2) is 4.57 Å². The lowest BCUT2D eigenvalue weighted by molar-refractivity contribution is 1.18. The van der Waals surface area contributed by atoms with E-state index in [1.165, 1.54) is 77.4 Å². The molecule has 292 valence electrons. The van der Waals surface area contributed by atoms with Crippen molar-refractivity contribution in [1.29, 1.82) is 0 Å². The van der Waals surface area contributed by atoms with Crippen molar-refractivity contribution in [2.24, 2.45) is 0 Å². The molecule has 10 aromatic carbocycles. The van der Waals surface area contributed by atoms with Crippen molar-refractivity contribution in [3.63, 3.8) is 0 Å². The van der Waals surface area contributed by atoms with Crippen LogP contribution in [0, 0.1) is 0 Å². The second kappa shape index (κ2) is 16.1. The molecule has 0 N–H and O–H groups in total. The standard InChI is InChI=1S/C60H42N2/c1-3-13-43(14-4-1)46-29-35-53(36-30-46)61(54-37-31-47(32-38-54)45-25-27-48(28-26-45)51-18-11-17-50(41-51)44-15-5-2-6-16-44)55-39-33-49(34-40-55)52-19-12-20-56(42-52)62-59-23-9-7-21-57(59)58-22-8-10-24-60(58)62/h1-42H. The summed E-state index contributed by atoms with van der Waals surface area (Å²) in [5.74, 6) is 0. The van der Waals surface area contributed by atoms with E-state index in [0.717, 1.165) is 22.7 Å². The third-order valence-electron chi connectivity index (χ3n) is 12.0. The van der Waals surface area contributed by atoms with Gasteiger partial charge in [-0.15, -0.1) is 0 Å². The third-order valence-corrected chi connectivity index (χ3v) is 12.0. The normalized spacial score (nSPS) is 11.2. The van der Waals surface area contributed by atoms with Crippen LogP contribution >= 0.6 is 0 Å². The molecule has 0 saturated carbocycles. The van der Waals surface area contributed by atoms with Gasteiger partial charge in [-0.3, -0.25) is 0 Å². The van der Waals surface area contributed by atoms with Crippen molar-refractivity contribution in [2.45, 2.75) is 0 Å². The van der Waals surface area contributed by atoms with Crippen LogP contribution in [0.15, 0.2) is 255 Å². The first-order chi connectivity index (χ1) is 30.7. The number of hydrogen-bond acceptors (Lipinski definition) is 1. The summed E-state index contributed by atoms with van der Waals surface area (Å²) >= 11 is 0. The zero-order valence-electron chi connectivity index (χ0n) is 34.1. The number of nitrogens with zero attached hydrogens (tertiary/aromatic N) is 2. The Morgan fingerprint density at radius 3 is 0.984 bits per heavy atom. The summed E-state index contributed by atoms with van der Waals surface area (Å²) in [6, 6.07) is 91.9. The minimum absolute atomic E-state index is 1.09. The molecule has 0 radical (unpaired) electrons. The molecule has 0 unspecified atom stereocenters. The van der Waals surface area contributed by atoms with Gasteiger partial charge < -0.3 is 9.47 Å². The molecular formula is C60H42N2. The van der Waals surface area contributed by atoms with Crippen LogP contribution in [0.2, 0.25) is 0 Å². The van der Waals surface area contributed by atoms with Crippen LogP contribution < -0.4 is 4.90 Å². The molecule has 0 aliphatic rings. The summed E-state index contributed by atoms with van der Waals surface area (Å²) in [7, 11) is 0. The van der Waals surface area contributed by atoms with E-state index in [4.69, 9.17) is 0 Å². The summed E-state index contributed by atoms with van der Waals surface area (Å²) in [5.41, 5.74) is 18.8. The average Bonchev–Trinajstić information content (AvgIpc) is 3.70. The van der Waals surface area contributed by atoms with Crippen molar-refractivity contribution < 1.29 is 0 Å². The molecule has 1 heterocycles. The largest absolute Gasteiger partial charge is 0.311 e. The second-order valence-corrected chi connectivity index (χ2v) is 15.8. The Labute approximate surface area is 362 Å². The highest BCUT2D eigenvalue weighted by Crippen LogP contribution is 2.39. The van der Waals surface area contributed by atoms with Gasteiger partial charge >= 0.3 is 0 Å². The lowest BCUT2D eigenvalue weighted by Crippen LogP contribution is -2.09. The first-order valence-electron chi connectivity index (χ1n) is 21.2. The summed E-state index contributed by atoms with van der Waals surface area (Å²) in [6.45, 7) is 0. The molecule has 62 heavy (non-hydrogen) atoms. The monoisotopic (exact) mass is 790 g/mol. The zero-order chi connectivity index (χ0) is 41.2. The third kappa shape index (κ3) is 7.04. The smallest absolute Gasteiger partial charge is 0.0541 e. The maximum atomic E-state index is 2.38. The van der Waals surface area contributed by atoms with Crippen molar-refractivity contribution in [3.05, 3.63) is 255 Å². The van der Waals surface area contributed by atoms with Gasteiger partial charge in [-0.25, -0.2) is 0 Å². The van der Waals surface area contributed by atoms with Crippen LogP contribution in [0.4, 0.5) is 17.1 Å². The van der Waals surface area contributed by atoms with Gasteiger partial charge in [0.25, 0.3) is 0 Å². The molecular weight excluding hydrogens is 749 g/mol. The maximum absolute atomic E-state index is 2.38. The van der Waals surface area contributed by atoms with Crippen molar-refractivity contribution in [2.75, 3.05) is 4.90 Å². The molecule has 0 aliphatic heterocycles. The van der Waals surface area contributed by atoms with Gasteiger partial charge in [0.1, 0.15) is 0 Å². The van der Waals surface area contributed by atoms with Gasteiger partial charge in [0.2, 0.25) is 0 Å².